The van der Waals surface area contributed by atoms with E-state index in [1.54, 1.807) is 34.1 Å². The van der Waals surface area contributed by atoms with E-state index in [0.717, 1.165) is 5.56 Å². The summed E-state index contributed by atoms with van der Waals surface area (Å²) in [5, 5.41) is 2.72. The number of anilines is 1. The minimum Gasteiger partial charge on any atom is -0.334 e. The number of hydrogen-bond donors (Lipinski definition) is 1. The second-order valence-corrected chi connectivity index (χ2v) is 11.8. The van der Waals surface area contributed by atoms with Crippen LogP contribution in [0.2, 0.25) is 0 Å². The van der Waals surface area contributed by atoms with Crippen LogP contribution in [-0.4, -0.2) is 66.7 Å². The Labute approximate surface area is 235 Å². The highest BCUT2D eigenvalue weighted by atomic mass is 32.2. The molecule has 1 aliphatic heterocycles. The van der Waals surface area contributed by atoms with Crippen molar-refractivity contribution in [3.63, 3.8) is 0 Å². The van der Waals surface area contributed by atoms with Gasteiger partial charge in [0.25, 0.3) is 0 Å². The van der Waals surface area contributed by atoms with Crippen LogP contribution in [0.25, 0.3) is 0 Å². The SMILES string of the molecule is CCCN(CC(=O)N(Cc1ccccc1)C1CCN(C(=O)Nc2cccc(F)c2)CC1)S(=O)(=O)c1ccccc1. The second kappa shape index (κ2) is 13.5. The summed E-state index contributed by atoms with van der Waals surface area (Å²) in [7, 11) is -3.85. The van der Waals surface area contributed by atoms with Gasteiger partial charge in [-0.1, -0.05) is 61.5 Å². The van der Waals surface area contributed by atoms with Gasteiger partial charge in [-0.3, -0.25) is 4.79 Å². The van der Waals surface area contributed by atoms with Gasteiger partial charge in [-0.2, -0.15) is 4.31 Å². The van der Waals surface area contributed by atoms with E-state index >= 15 is 0 Å². The molecule has 0 spiro atoms. The summed E-state index contributed by atoms with van der Waals surface area (Å²) in [4.78, 5) is 30.1. The zero-order valence-corrected chi connectivity index (χ0v) is 23.4. The molecule has 3 aromatic carbocycles. The number of hydrogen-bond acceptors (Lipinski definition) is 4. The molecule has 10 heteroatoms. The summed E-state index contributed by atoms with van der Waals surface area (Å²) in [6.07, 6.45) is 1.64. The fourth-order valence-corrected chi connectivity index (χ4v) is 6.37. The first-order valence-corrected chi connectivity index (χ1v) is 14.9. The number of nitrogens with one attached hydrogen (secondary N) is 1. The fourth-order valence-electron chi connectivity index (χ4n) is 4.87. The Morgan fingerprint density at radius 3 is 2.23 bits per heavy atom. The van der Waals surface area contributed by atoms with Gasteiger partial charge in [0.1, 0.15) is 5.82 Å². The third-order valence-electron chi connectivity index (χ3n) is 6.95. The lowest BCUT2D eigenvalue weighted by molar-refractivity contribution is -0.135. The van der Waals surface area contributed by atoms with Gasteiger partial charge in [0.05, 0.1) is 11.4 Å². The van der Waals surface area contributed by atoms with Gasteiger partial charge in [-0.25, -0.2) is 17.6 Å². The average molecular weight is 567 g/mol. The van der Waals surface area contributed by atoms with Crippen LogP contribution in [0.5, 0.6) is 0 Å². The first kappa shape index (κ1) is 29.2. The van der Waals surface area contributed by atoms with Gasteiger partial charge in [-0.05, 0) is 55.2 Å². The summed E-state index contributed by atoms with van der Waals surface area (Å²) in [6.45, 7) is 2.99. The molecule has 1 heterocycles. The van der Waals surface area contributed by atoms with Crippen LogP contribution in [0, 0.1) is 5.82 Å². The molecule has 1 saturated heterocycles. The van der Waals surface area contributed by atoms with Gasteiger partial charge in [0.2, 0.25) is 15.9 Å². The lowest BCUT2D eigenvalue weighted by Crippen LogP contribution is -2.51. The first-order chi connectivity index (χ1) is 19.3. The number of likely N-dealkylation sites (tertiary alicyclic amines) is 1. The van der Waals surface area contributed by atoms with E-state index < -0.39 is 15.8 Å². The number of urea groups is 1. The summed E-state index contributed by atoms with van der Waals surface area (Å²) in [5.74, 6) is -0.711. The monoisotopic (exact) mass is 566 g/mol. The number of nitrogens with zero attached hydrogens (tertiary/aromatic N) is 3. The lowest BCUT2D eigenvalue weighted by Gasteiger charge is -2.39. The van der Waals surface area contributed by atoms with E-state index in [9.17, 15) is 22.4 Å². The molecular formula is C30H35FN4O4S. The lowest BCUT2D eigenvalue weighted by atomic mass is 10.0. The van der Waals surface area contributed by atoms with Gasteiger partial charge < -0.3 is 15.1 Å². The summed E-state index contributed by atoms with van der Waals surface area (Å²) >= 11 is 0. The minimum atomic E-state index is -3.85. The standard InChI is InChI=1S/C30H35FN4O4S/c1-2-18-34(40(38,39)28-14-7-4-8-15-28)23-29(36)35(22-24-10-5-3-6-11-24)27-16-19-33(20-17-27)30(37)32-26-13-9-12-25(31)21-26/h3-15,21,27H,2,16-20,22-23H2,1H3,(H,32,37). The number of sulfonamides is 1. The van der Waals surface area contributed by atoms with E-state index in [1.165, 1.54) is 34.6 Å². The van der Waals surface area contributed by atoms with Gasteiger partial charge >= 0.3 is 6.03 Å². The Morgan fingerprint density at radius 1 is 0.950 bits per heavy atom. The molecule has 3 aromatic rings. The van der Waals surface area contributed by atoms with Crippen molar-refractivity contribution in [2.75, 3.05) is 31.5 Å². The van der Waals surface area contributed by atoms with E-state index in [1.807, 2.05) is 37.3 Å². The molecule has 8 nitrogen and oxygen atoms in total. The van der Waals surface area contributed by atoms with Gasteiger partial charge in [0.15, 0.2) is 0 Å². The van der Waals surface area contributed by atoms with Crippen LogP contribution in [0.3, 0.4) is 0 Å². The Bertz CT molecular complexity index is 1380. The Morgan fingerprint density at radius 2 is 1.60 bits per heavy atom. The molecule has 1 fully saturated rings. The van der Waals surface area contributed by atoms with Crippen LogP contribution in [0.4, 0.5) is 14.9 Å². The van der Waals surface area contributed by atoms with Gasteiger partial charge in [-0.15, -0.1) is 0 Å². The number of amides is 3. The third-order valence-corrected chi connectivity index (χ3v) is 8.81. The molecule has 0 aromatic heterocycles. The van der Waals surface area contributed by atoms with Gasteiger partial charge in [0, 0.05) is 37.9 Å². The van der Waals surface area contributed by atoms with Crippen LogP contribution < -0.4 is 5.32 Å². The number of halogens is 1. The second-order valence-electron chi connectivity index (χ2n) is 9.82. The van der Waals surface area contributed by atoms with Crippen molar-refractivity contribution in [1.29, 1.82) is 0 Å². The van der Waals surface area contributed by atoms with Crippen LogP contribution in [0.15, 0.2) is 89.8 Å². The summed E-state index contributed by atoms with van der Waals surface area (Å²) in [6, 6.07) is 23.0. The van der Waals surface area contributed by atoms with E-state index in [2.05, 4.69) is 5.32 Å². The molecule has 3 amide bonds. The van der Waals surface area contributed by atoms with Crippen LogP contribution >= 0.6 is 0 Å². The van der Waals surface area contributed by atoms with Crippen molar-refractivity contribution in [2.24, 2.45) is 0 Å². The Kier molecular flexibility index (Phi) is 9.89. The van der Waals surface area contributed by atoms with Crippen molar-refractivity contribution in [2.45, 2.75) is 43.7 Å². The topological polar surface area (TPSA) is 90.0 Å². The van der Waals surface area contributed by atoms with E-state index in [0.29, 0.717) is 44.6 Å². The zero-order chi connectivity index (χ0) is 28.5. The third kappa shape index (κ3) is 7.45. The maximum absolute atomic E-state index is 13.8. The van der Waals surface area contributed by atoms with E-state index in [4.69, 9.17) is 0 Å². The minimum absolute atomic E-state index is 0.156. The van der Waals surface area contributed by atoms with Crippen LogP contribution in [-0.2, 0) is 21.4 Å². The molecule has 1 aliphatic rings. The number of carbonyl (C=O) groups excluding carboxylic acids is 2. The largest absolute Gasteiger partial charge is 0.334 e. The molecular weight excluding hydrogens is 531 g/mol. The molecule has 0 radical (unpaired) electrons. The number of piperidine rings is 1. The summed E-state index contributed by atoms with van der Waals surface area (Å²) in [5.41, 5.74) is 1.32. The highest BCUT2D eigenvalue weighted by molar-refractivity contribution is 7.89. The predicted molar refractivity (Wildman–Crippen MR) is 152 cm³/mol. The number of carbonyl (C=O) groups is 2. The molecule has 0 aliphatic carbocycles. The van der Waals surface area contributed by atoms with Crippen molar-refractivity contribution in [3.05, 3.63) is 96.3 Å². The smallest absolute Gasteiger partial charge is 0.321 e. The molecule has 40 heavy (non-hydrogen) atoms. The number of rotatable bonds is 10. The maximum atomic E-state index is 13.8. The van der Waals surface area contributed by atoms with Crippen molar-refractivity contribution < 1.29 is 22.4 Å². The fraction of sp³-hybridized carbons (Fsp3) is 0.333. The quantitative estimate of drug-likeness (QED) is 0.376. The molecule has 4 rings (SSSR count). The van der Waals surface area contributed by atoms with E-state index in [-0.39, 0.29) is 36.0 Å². The maximum Gasteiger partial charge on any atom is 0.321 e. The summed E-state index contributed by atoms with van der Waals surface area (Å²) < 4.78 is 41.5. The molecule has 0 bridgehead atoms. The molecule has 0 unspecified atom stereocenters. The molecule has 212 valence electrons. The Hall–Kier alpha value is -3.76. The normalized spacial score (nSPS) is 14.2. The Balaban J connectivity index is 1.48. The van der Waals surface area contributed by atoms with Crippen LogP contribution in [0.1, 0.15) is 31.7 Å². The highest BCUT2D eigenvalue weighted by Gasteiger charge is 2.33. The molecule has 0 saturated carbocycles. The first-order valence-electron chi connectivity index (χ1n) is 13.5. The average Bonchev–Trinajstić information content (AvgIpc) is 2.96. The molecule has 0 atom stereocenters. The van der Waals surface area contributed by atoms with Crippen molar-refractivity contribution in [1.82, 2.24) is 14.1 Å². The van der Waals surface area contributed by atoms with Crippen molar-refractivity contribution >= 4 is 27.6 Å². The van der Waals surface area contributed by atoms with Crippen molar-refractivity contribution in [3.8, 4) is 0 Å². The molecule has 1 N–H and O–H groups in total. The number of benzene rings is 3. The predicted octanol–water partition coefficient (Wildman–Crippen LogP) is 4.95. The zero-order valence-electron chi connectivity index (χ0n) is 22.6. The highest BCUT2D eigenvalue weighted by Crippen LogP contribution is 2.23.